The van der Waals surface area contributed by atoms with Crippen LogP contribution in [0.5, 0.6) is 5.75 Å². The first-order chi connectivity index (χ1) is 9.02. The monoisotopic (exact) mass is 261 g/mol. The Hall–Kier alpha value is -1.51. The fraction of sp³-hybridized carbons (Fsp3) is 0.562. The van der Waals surface area contributed by atoms with Crippen LogP contribution >= 0.6 is 0 Å². The van der Waals surface area contributed by atoms with Gasteiger partial charge in [0.1, 0.15) is 5.75 Å². The molecule has 2 rings (SSSR count). The van der Waals surface area contributed by atoms with Crippen molar-refractivity contribution in [3.63, 3.8) is 0 Å². The Balaban J connectivity index is 2.22. The molecule has 0 fully saturated rings. The number of benzene rings is 1. The molecule has 1 heterocycles. The zero-order valence-corrected chi connectivity index (χ0v) is 12.3. The number of rotatable bonds is 3. The molecule has 1 atom stereocenters. The van der Waals surface area contributed by atoms with Gasteiger partial charge in [0.15, 0.2) is 0 Å². The van der Waals surface area contributed by atoms with Crippen LogP contribution in [0.15, 0.2) is 18.2 Å². The number of carbonyl (C=O) groups excluding carboxylic acids is 1. The van der Waals surface area contributed by atoms with Crippen LogP contribution in [0.25, 0.3) is 0 Å². The van der Waals surface area contributed by atoms with E-state index < -0.39 is 0 Å². The van der Waals surface area contributed by atoms with Crippen molar-refractivity contribution < 1.29 is 9.53 Å². The van der Waals surface area contributed by atoms with Crippen LogP contribution in [0.1, 0.15) is 44.4 Å². The van der Waals surface area contributed by atoms with Gasteiger partial charge in [0.05, 0.1) is 13.2 Å². The minimum absolute atomic E-state index is 0.144. The Morgan fingerprint density at radius 3 is 2.84 bits per heavy atom. The summed E-state index contributed by atoms with van der Waals surface area (Å²) in [6.45, 7) is 7.11. The van der Waals surface area contributed by atoms with E-state index in [2.05, 4.69) is 32.9 Å². The molecule has 1 aromatic carbocycles. The van der Waals surface area contributed by atoms with Crippen LogP contribution in [0.3, 0.4) is 0 Å². The molecule has 19 heavy (non-hydrogen) atoms. The molecule has 1 aliphatic heterocycles. The van der Waals surface area contributed by atoms with Gasteiger partial charge in [-0.05, 0) is 42.5 Å². The van der Waals surface area contributed by atoms with Crippen molar-refractivity contribution >= 4 is 5.91 Å². The fourth-order valence-corrected chi connectivity index (χ4v) is 2.73. The van der Waals surface area contributed by atoms with Crippen LogP contribution in [-0.4, -0.2) is 24.5 Å². The molecule has 1 aromatic rings. The third kappa shape index (κ3) is 2.91. The smallest absolute Gasteiger partial charge is 0.223 e. The number of ether oxygens (including phenoxy) is 1. The molecule has 0 bridgehead atoms. The van der Waals surface area contributed by atoms with Crippen molar-refractivity contribution in [2.45, 2.75) is 39.7 Å². The zero-order valence-electron chi connectivity index (χ0n) is 12.3. The Labute approximate surface area is 115 Å². The molecule has 0 aromatic heterocycles. The van der Waals surface area contributed by atoms with Gasteiger partial charge in [-0.1, -0.05) is 19.9 Å². The first-order valence-electron chi connectivity index (χ1n) is 6.99. The Morgan fingerprint density at radius 2 is 2.21 bits per heavy atom. The standard InChI is InChI=1S/C16H23NO2/c1-11(2)9-16(18)17-8-7-13-5-6-14(19-4)10-15(13)12(17)3/h5-6,10-12H,7-9H2,1-4H3. The second-order valence-electron chi connectivity index (χ2n) is 5.68. The summed E-state index contributed by atoms with van der Waals surface area (Å²) in [6.07, 6.45) is 1.57. The summed E-state index contributed by atoms with van der Waals surface area (Å²) < 4.78 is 5.29. The molecule has 0 spiro atoms. The van der Waals surface area contributed by atoms with E-state index in [4.69, 9.17) is 4.74 Å². The quantitative estimate of drug-likeness (QED) is 0.836. The van der Waals surface area contributed by atoms with Crippen LogP contribution in [-0.2, 0) is 11.2 Å². The Bertz CT molecular complexity index is 468. The molecule has 3 nitrogen and oxygen atoms in total. The highest BCUT2D eigenvalue weighted by Gasteiger charge is 2.27. The molecule has 104 valence electrons. The third-order valence-electron chi connectivity index (χ3n) is 3.80. The van der Waals surface area contributed by atoms with Gasteiger partial charge >= 0.3 is 0 Å². The first kappa shape index (κ1) is 13.9. The van der Waals surface area contributed by atoms with Crippen LogP contribution < -0.4 is 4.74 Å². The van der Waals surface area contributed by atoms with Crippen molar-refractivity contribution in [2.24, 2.45) is 5.92 Å². The SMILES string of the molecule is COc1ccc2c(c1)C(C)N(C(=O)CC(C)C)CC2. The van der Waals surface area contributed by atoms with Gasteiger partial charge in [0, 0.05) is 13.0 Å². The van der Waals surface area contributed by atoms with Crippen LogP contribution in [0.2, 0.25) is 0 Å². The molecule has 1 amide bonds. The van der Waals surface area contributed by atoms with Gasteiger partial charge < -0.3 is 9.64 Å². The lowest BCUT2D eigenvalue weighted by Crippen LogP contribution is -2.39. The molecule has 3 heteroatoms. The van der Waals surface area contributed by atoms with Gasteiger partial charge in [-0.25, -0.2) is 0 Å². The molecule has 0 radical (unpaired) electrons. The number of hydrogen-bond donors (Lipinski definition) is 0. The number of methoxy groups -OCH3 is 1. The predicted molar refractivity (Wildman–Crippen MR) is 76.3 cm³/mol. The van der Waals surface area contributed by atoms with Gasteiger partial charge in [0.25, 0.3) is 0 Å². The van der Waals surface area contributed by atoms with Crippen molar-refractivity contribution in [3.05, 3.63) is 29.3 Å². The normalized spacial score (nSPS) is 18.4. The average Bonchev–Trinajstić information content (AvgIpc) is 2.38. The highest BCUT2D eigenvalue weighted by molar-refractivity contribution is 5.77. The minimum atomic E-state index is 0.144. The topological polar surface area (TPSA) is 29.5 Å². The lowest BCUT2D eigenvalue weighted by molar-refractivity contribution is -0.134. The number of amides is 1. The van der Waals surface area contributed by atoms with Gasteiger partial charge in [-0.2, -0.15) is 0 Å². The highest BCUT2D eigenvalue weighted by atomic mass is 16.5. The second kappa shape index (κ2) is 5.64. The molecule has 0 saturated heterocycles. The van der Waals surface area contributed by atoms with Crippen molar-refractivity contribution in [1.82, 2.24) is 4.90 Å². The van der Waals surface area contributed by atoms with Gasteiger partial charge in [0.2, 0.25) is 5.91 Å². The van der Waals surface area contributed by atoms with Gasteiger partial charge in [-0.15, -0.1) is 0 Å². The molecule has 1 aliphatic rings. The van der Waals surface area contributed by atoms with Crippen LogP contribution in [0, 0.1) is 5.92 Å². The zero-order chi connectivity index (χ0) is 14.0. The summed E-state index contributed by atoms with van der Waals surface area (Å²) in [7, 11) is 1.68. The van der Waals surface area contributed by atoms with E-state index in [1.165, 1.54) is 11.1 Å². The number of nitrogens with zero attached hydrogens (tertiary/aromatic N) is 1. The largest absolute Gasteiger partial charge is 0.497 e. The fourth-order valence-electron chi connectivity index (χ4n) is 2.73. The summed E-state index contributed by atoms with van der Waals surface area (Å²) in [5.41, 5.74) is 2.56. The lowest BCUT2D eigenvalue weighted by Gasteiger charge is -2.36. The van der Waals surface area contributed by atoms with E-state index in [1.54, 1.807) is 7.11 Å². The third-order valence-corrected chi connectivity index (χ3v) is 3.80. The Morgan fingerprint density at radius 1 is 1.47 bits per heavy atom. The first-order valence-corrected chi connectivity index (χ1v) is 6.99. The number of carbonyl (C=O) groups is 1. The second-order valence-corrected chi connectivity index (χ2v) is 5.68. The maximum absolute atomic E-state index is 12.3. The summed E-state index contributed by atoms with van der Waals surface area (Å²) >= 11 is 0. The molecule has 0 aliphatic carbocycles. The van der Waals surface area contributed by atoms with E-state index in [0.717, 1.165) is 18.7 Å². The number of fused-ring (bicyclic) bond motifs is 1. The van der Waals surface area contributed by atoms with E-state index in [1.807, 2.05) is 11.0 Å². The van der Waals surface area contributed by atoms with Crippen molar-refractivity contribution in [2.75, 3.05) is 13.7 Å². The number of hydrogen-bond acceptors (Lipinski definition) is 2. The van der Waals surface area contributed by atoms with E-state index in [0.29, 0.717) is 12.3 Å². The molecule has 0 N–H and O–H groups in total. The van der Waals surface area contributed by atoms with E-state index in [-0.39, 0.29) is 11.9 Å². The molecule has 1 unspecified atom stereocenters. The minimum Gasteiger partial charge on any atom is -0.497 e. The Kier molecular flexibility index (Phi) is 4.13. The molecular weight excluding hydrogens is 238 g/mol. The van der Waals surface area contributed by atoms with E-state index >= 15 is 0 Å². The maximum Gasteiger partial charge on any atom is 0.223 e. The van der Waals surface area contributed by atoms with Crippen molar-refractivity contribution in [3.8, 4) is 5.75 Å². The maximum atomic E-state index is 12.3. The van der Waals surface area contributed by atoms with Crippen molar-refractivity contribution in [1.29, 1.82) is 0 Å². The average molecular weight is 261 g/mol. The highest BCUT2D eigenvalue weighted by Crippen LogP contribution is 2.32. The predicted octanol–water partition coefficient (Wildman–Crippen LogP) is 3.19. The lowest BCUT2D eigenvalue weighted by atomic mass is 9.92. The summed E-state index contributed by atoms with van der Waals surface area (Å²) in [6, 6.07) is 6.33. The summed E-state index contributed by atoms with van der Waals surface area (Å²) in [5, 5.41) is 0. The molecule has 0 saturated carbocycles. The summed E-state index contributed by atoms with van der Waals surface area (Å²) in [4.78, 5) is 14.3. The summed E-state index contributed by atoms with van der Waals surface area (Å²) in [5.74, 6) is 1.53. The van der Waals surface area contributed by atoms with E-state index in [9.17, 15) is 4.79 Å². The van der Waals surface area contributed by atoms with Gasteiger partial charge in [-0.3, -0.25) is 4.79 Å². The van der Waals surface area contributed by atoms with Crippen LogP contribution in [0.4, 0.5) is 0 Å². The molecular formula is C16H23NO2.